The summed E-state index contributed by atoms with van der Waals surface area (Å²) in [6.45, 7) is 6.50. The molecule has 0 aliphatic heterocycles. The lowest BCUT2D eigenvalue weighted by molar-refractivity contribution is 0.429. The topological polar surface area (TPSA) is 63.0 Å². The smallest absolute Gasteiger partial charge is 0.298 e. The molecule has 0 radical (unpaired) electrons. The van der Waals surface area contributed by atoms with Gasteiger partial charge in [0.2, 0.25) is 0 Å². The molecule has 1 aromatic carbocycles. The van der Waals surface area contributed by atoms with Gasteiger partial charge >= 0.3 is 0 Å². The number of hydrogen-bond acceptors (Lipinski definition) is 3. The molecule has 156 valence electrons. The van der Waals surface area contributed by atoms with Gasteiger partial charge in [0.05, 0.1) is 0 Å². The van der Waals surface area contributed by atoms with Crippen LogP contribution >= 0.6 is 0 Å². The van der Waals surface area contributed by atoms with Gasteiger partial charge in [-0.05, 0) is 63.6 Å². The van der Waals surface area contributed by atoms with E-state index in [9.17, 15) is 9.18 Å². The number of fused-ring (bicyclic) bond motifs is 3. The van der Waals surface area contributed by atoms with Crippen LogP contribution in [0.5, 0.6) is 0 Å². The van der Waals surface area contributed by atoms with Crippen LogP contribution in [0, 0.1) is 17.7 Å². The van der Waals surface area contributed by atoms with Crippen LogP contribution in [0.2, 0.25) is 0 Å². The van der Waals surface area contributed by atoms with E-state index in [0.717, 1.165) is 25.7 Å². The standard InChI is InChI=1S/C24H27FN4O/c1-15(2)5-4-6-17-7-8-18(16(3)11-17)13-27-29-14-26-22-20-12-19(25)9-10-21(20)28-23(22)24(29)30/h5,7,9-10,12-14,16,18,28H,4,6,8,11H2,1-3H3/b27-13-/t16-,18-/m0/s1. The number of aromatic nitrogens is 3. The van der Waals surface area contributed by atoms with Gasteiger partial charge in [-0.3, -0.25) is 4.79 Å². The van der Waals surface area contributed by atoms with Gasteiger partial charge in [-0.2, -0.15) is 9.78 Å². The van der Waals surface area contributed by atoms with E-state index in [1.165, 1.54) is 34.3 Å². The molecule has 30 heavy (non-hydrogen) atoms. The second-order valence-corrected chi connectivity index (χ2v) is 8.46. The van der Waals surface area contributed by atoms with E-state index in [4.69, 9.17) is 0 Å². The van der Waals surface area contributed by atoms with Crippen LogP contribution in [0.15, 0.2) is 57.7 Å². The summed E-state index contributed by atoms with van der Waals surface area (Å²) in [5, 5.41) is 5.01. The average Bonchev–Trinajstić information content (AvgIpc) is 3.07. The molecule has 1 N–H and O–H groups in total. The third kappa shape index (κ3) is 4.13. The van der Waals surface area contributed by atoms with E-state index in [1.54, 1.807) is 6.07 Å². The Bertz CT molecular complexity index is 1230. The highest BCUT2D eigenvalue weighted by molar-refractivity contribution is 6.04. The molecule has 1 aliphatic rings. The van der Waals surface area contributed by atoms with Crippen molar-refractivity contribution < 1.29 is 4.39 Å². The molecule has 5 nitrogen and oxygen atoms in total. The second kappa shape index (κ2) is 8.38. The average molecular weight is 407 g/mol. The lowest BCUT2D eigenvalue weighted by atomic mass is 9.80. The van der Waals surface area contributed by atoms with E-state index in [2.05, 4.69) is 48.0 Å². The number of halogens is 1. The summed E-state index contributed by atoms with van der Waals surface area (Å²) >= 11 is 0. The van der Waals surface area contributed by atoms with Crippen LogP contribution in [0.1, 0.15) is 46.5 Å². The molecule has 2 heterocycles. The Labute approximate surface area is 175 Å². The molecule has 0 spiro atoms. The van der Waals surface area contributed by atoms with Crippen molar-refractivity contribution >= 4 is 28.2 Å². The Morgan fingerprint density at radius 2 is 2.23 bits per heavy atom. The maximum atomic E-state index is 13.6. The number of nitrogens with zero attached hydrogens (tertiary/aromatic N) is 3. The highest BCUT2D eigenvalue weighted by atomic mass is 19.1. The maximum Gasteiger partial charge on any atom is 0.298 e. The van der Waals surface area contributed by atoms with Gasteiger partial charge in [0.25, 0.3) is 5.56 Å². The third-order valence-corrected chi connectivity index (χ3v) is 5.85. The van der Waals surface area contributed by atoms with Gasteiger partial charge in [0.1, 0.15) is 23.2 Å². The fourth-order valence-corrected chi connectivity index (χ4v) is 4.10. The minimum atomic E-state index is -0.355. The van der Waals surface area contributed by atoms with Crippen molar-refractivity contribution in [3.8, 4) is 0 Å². The van der Waals surface area contributed by atoms with Gasteiger partial charge in [-0.25, -0.2) is 9.37 Å². The van der Waals surface area contributed by atoms with Crippen LogP contribution in [-0.4, -0.2) is 20.9 Å². The van der Waals surface area contributed by atoms with Crippen molar-refractivity contribution in [2.24, 2.45) is 16.9 Å². The molecule has 4 rings (SSSR count). The van der Waals surface area contributed by atoms with Gasteiger partial charge < -0.3 is 4.98 Å². The fraction of sp³-hybridized carbons (Fsp3) is 0.375. The van der Waals surface area contributed by atoms with Crippen LogP contribution in [0.4, 0.5) is 4.39 Å². The lowest BCUT2D eigenvalue weighted by Crippen LogP contribution is -2.21. The van der Waals surface area contributed by atoms with Crippen LogP contribution < -0.4 is 5.56 Å². The highest BCUT2D eigenvalue weighted by Crippen LogP contribution is 2.30. The van der Waals surface area contributed by atoms with E-state index in [1.807, 2.05) is 6.21 Å². The number of nitrogens with one attached hydrogen (secondary N) is 1. The fourth-order valence-electron chi connectivity index (χ4n) is 4.10. The zero-order valence-corrected chi connectivity index (χ0v) is 17.7. The molecule has 0 saturated heterocycles. The molecule has 2 atom stereocenters. The quantitative estimate of drug-likeness (QED) is 0.445. The first kappa shape index (κ1) is 20.3. The monoisotopic (exact) mass is 406 g/mol. The van der Waals surface area contributed by atoms with Crippen LogP contribution in [0.25, 0.3) is 21.9 Å². The summed E-state index contributed by atoms with van der Waals surface area (Å²) in [6.07, 6.45) is 12.1. The summed E-state index contributed by atoms with van der Waals surface area (Å²) in [5.74, 6) is 0.410. The van der Waals surface area contributed by atoms with E-state index in [-0.39, 0.29) is 17.3 Å². The van der Waals surface area contributed by atoms with Crippen molar-refractivity contribution in [1.29, 1.82) is 0 Å². The largest absolute Gasteiger partial charge is 0.349 e. The van der Waals surface area contributed by atoms with E-state index < -0.39 is 0 Å². The Morgan fingerprint density at radius 1 is 1.40 bits per heavy atom. The normalized spacial score (nSPS) is 19.5. The molecule has 1 aliphatic carbocycles. The molecular weight excluding hydrogens is 379 g/mol. The summed E-state index contributed by atoms with van der Waals surface area (Å²) < 4.78 is 14.8. The summed E-state index contributed by atoms with van der Waals surface area (Å²) in [6, 6.07) is 4.37. The minimum absolute atomic E-state index is 0.283. The first-order valence-electron chi connectivity index (χ1n) is 10.5. The predicted molar refractivity (Wildman–Crippen MR) is 120 cm³/mol. The molecule has 0 saturated carbocycles. The van der Waals surface area contributed by atoms with E-state index in [0.29, 0.717) is 27.9 Å². The third-order valence-electron chi connectivity index (χ3n) is 5.85. The summed E-state index contributed by atoms with van der Waals surface area (Å²) in [5.41, 5.74) is 4.08. The Morgan fingerprint density at radius 3 is 3.00 bits per heavy atom. The lowest BCUT2D eigenvalue weighted by Gasteiger charge is -2.25. The molecule has 0 fully saturated rings. The first-order chi connectivity index (χ1) is 14.4. The SMILES string of the molecule is CC(C)=CCCC1=CC[C@@H](/C=N\n2cnc3c([nH]c4ccc(F)cc43)c2=O)[C@@H](C)C1. The van der Waals surface area contributed by atoms with Gasteiger partial charge in [-0.1, -0.05) is 30.2 Å². The number of hydrogen-bond donors (Lipinski definition) is 1. The predicted octanol–water partition coefficient (Wildman–Crippen LogP) is 5.57. The maximum absolute atomic E-state index is 13.6. The molecule has 6 heteroatoms. The number of rotatable bonds is 5. The molecule has 3 aromatic rings. The molecule has 2 aromatic heterocycles. The van der Waals surface area contributed by atoms with Gasteiger partial charge in [0, 0.05) is 23.0 Å². The number of aromatic amines is 1. The summed E-state index contributed by atoms with van der Waals surface area (Å²) in [4.78, 5) is 20.2. The minimum Gasteiger partial charge on any atom is -0.349 e. The van der Waals surface area contributed by atoms with Crippen molar-refractivity contribution in [1.82, 2.24) is 14.6 Å². The zero-order chi connectivity index (χ0) is 21.3. The molecular formula is C24H27FN4O. The number of benzene rings is 1. The zero-order valence-electron chi connectivity index (χ0n) is 17.7. The number of H-pyrrole nitrogens is 1. The first-order valence-corrected chi connectivity index (χ1v) is 10.5. The highest BCUT2D eigenvalue weighted by Gasteiger charge is 2.20. The molecule has 0 bridgehead atoms. The van der Waals surface area contributed by atoms with Crippen LogP contribution in [-0.2, 0) is 0 Å². The van der Waals surface area contributed by atoms with Crippen molar-refractivity contribution in [3.63, 3.8) is 0 Å². The van der Waals surface area contributed by atoms with Gasteiger partial charge in [-0.15, -0.1) is 0 Å². The van der Waals surface area contributed by atoms with Crippen molar-refractivity contribution in [3.05, 3.63) is 64.0 Å². The number of allylic oxidation sites excluding steroid dienone is 4. The Balaban J connectivity index is 1.53. The Kier molecular flexibility index (Phi) is 5.66. The summed E-state index contributed by atoms with van der Waals surface area (Å²) in [7, 11) is 0. The van der Waals surface area contributed by atoms with Crippen LogP contribution in [0.3, 0.4) is 0 Å². The van der Waals surface area contributed by atoms with Crippen molar-refractivity contribution in [2.45, 2.75) is 46.5 Å². The Hall–Kier alpha value is -3.02. The van der Waals surface area contributed by atoms with Gasteiger partial charge in [0.15, 0.2) is 0 Å². The molecule has 0 unspecified atom stereocenters. The van der Waals surface area contributed by atoms with E-state index >= 15 is 0 Å². The molecule has 0 amide bonds. The second-order valence-electron chi connectivity index (χ2n) is 8.46. The van der Waals surface area contributed by atoms with Crippen molar-refractivity contribution in [2.75, 3.05) is 0 Å².